The second-order valence-electron chi connectivity index (χ2n) is 6.76. The highest BCUT2D eigenvalue weighted by Gasteiger charge is 2.20. The number of halogens is 1. The van der Waals surface area contributed by atoms with E-state index in [2.05, 4.69) is 10.3 Å². The van der Waals surface area contributed by atoms with Gasteiger partial charge in [0.2, 0.25) is 0 Å². The largest absolute Gasteiger partial charge is 0.321 e. The first-order valence-electron chi connectivity index (χ1n) is 9.13. The molecule has 0 radical (unpaired) electrons. The van der Waals surface area contributed by atoms with Crippen molar-refractivity contribution in [1.82, 2.24) is 9.55 Å². The van der Waals surface area contributed by atoms with E-state index in [0.717, 1.165) is 16.9 Å². The van der Waals surface area contributed by atoms with Crippen LogP contribution in [-0.2, 0) is 6.54 Å². The third kappa shape index (κ3) is 4.05. The maximum atomic E-state index is 13.1. The number of nitro benzene ring substituents is 1. The first-order chi connectivity index (χ1) is 14.8. The van der Waals surface area contributed by atoms with Crippen LogP contribution in [0.15, 0.2) is 59.7 Å². The zero-order valence-electron chi connectivity index (χ0n) is 16.2. The van der Waals surface area contributed by atoms with Gasteiger partial charge in [0.1, 0.15) is 4.83 Å². The summed E-state index contributed by atoms with van der Waals surface area (Å²) in [7, 11) is 0. The Kier molecular flexibility index (Phi) is 5.53. The van der Waals surface area contributed by atoms with Gasteiger partial charge in [0.25, 0.3) is 17.2 Å². The summed E-state index contributed by atoms with van der Waals surface area (Å²) in [6, 6.07) is 12.8. The van der Waals surface area contributed by atoms with Crippen molar-refractivity contribution in [3.05, 3.63) is 96.4 Å². The Morgan fingerprint density at radius 1 is 1.23 bits per heavy atom. The molecule has 0 spiro atoms. The number of carbonyl (C=O) groups excluding carboxylic acids is 1. The maximum Gasteiger partial charge on any atom is 0.269 e. The molecule has 0 aliphatic carbocycles. The fraction of sp³-hybridized carbons (Fsp3) is 0.0952. The quantitative estimate of drug-likeness (QED) is 0.349. The van der Waals surface area contributed by atoms with Crippen molar-refractivity contribution in [3.8, 4) is 0 Å². The summed E-state index contributed by atoms with van der Waals surface area (Å²) in [5.41, 5.74) is 1.41. The summed E-state index contributed by atoms with van der Waals surface area (Å²) in [6.45, 7) is 1.97. The number of hydrogen-bond acceptors (Lipinski definition) is 6. The Hall–Kier alpha value is -3.56. The first kappa shape index (κ1) is 20.7. The van der Waals surface area contributed by atoms with Gasteiger partial charge in [-0.15, -0.1) is 11.3 Å². The maximum absolute atomic E-state index is 13.1. The summed E-state index contributed by atoms with van der Waals surface area (Å²) in [4.78, 5) is 41.2. The fourth-order valence-corrected chi connectivity index (χ4v) is 4.38. The molecule has 31 heavy (non-hydrogen) atoms. The number of nitrogens with one attached hydrogen (secondary N) is 1. The van der Waals surface area contributed by atoms with Crippen LogP contribution in [0.2, 0.25) is 5.02 Å². The summed E-state index contributed by atoms with van der Waals surface area (Å²) in [5, 5.41) is 14.4. The molecule has 0 fully saturated rings. The number of anilines is 1. The van der Waals surface area contributed by atoms with Crippen molar-refractivity contribution in [2.75, 3.05) is 5.32 Å². The fourth-order valence-electron chi connectivity index (χ4n) is 3.15. The van der Waals surface area contributed by atoms with E-state index in [1.54, 1.807) is 13.0 Å². The highest BCUT2D eigenvalue weighted by molar-refractivity contribution is 7.20. The molecule has 10 heteroatoms. The molecule has 8 nitrogen and oxygen atoms in total. The summed E-state index contributed by atoms with van der Waals surface area (Å²) >= 11 is 7.32. The van der Waals surface area contributed by atoms with Crippen LogP contribution < -0.4 is 10.9 Å². The first-order valence-corrected chi connectivity index (χ1v) is 10.3. The lowest BCUT2D eigenvalue weighted by atomic mass is 10.2. The standard InChI is InChI=1S/C21H15ClN4O4S/c1-12-17-20(23-11-25(21(17)28)10-13-4-2-3-5-16(13)22)31-18(12)19(27)24-14-6-8-15(9-7-14)26(29)30/h2-9,11H,10H2,1H3,(H,24,27). The SMILES string of the molecule is Cc1c(C(=O)Nc2ccc([N+](=O)[O-])cc2)sc2ncn(Cc3ccccc3Cl)c(=O)c12. The van der Waals surface area contributed by atoms with E-state index in [1.807, 2.05) is 18.2 Å². The van der Waals surface area contributed by atoms with Crippen molar-refractivity contribution in [3.63, 3.8) is 0 Å². The molecule has 4 rings (SSSR count). The molecule has 1 N–H and O–H groups in total. The second-order valence-corrected chi connectivity index (χ2v) is 8.17. The van der Waals surface area contributed by atoms with Crippen LogP contribution in [-0.4, -0.2) is 20.4 Å². The Bertz CT molecular complexity index is 1380. The Morgan fingerprint density at radius 3 is 2.61 bits per heavy atom. The molecule has 0 aliphatic heterocycles. The lowest BCUT2D eigenvalue weighted by Gasteiger charge is -2.07. The molecule has 4 aromatic rings. The van der Waals surface area contributed by atoms with Gasteiger partial charge in [-0.1, -0.05) is 29.8 Å². The predicted octanol–water partition coefficient (Wildman–Crippen LogP) is 4.63. The molecule has 0 unspecified atom stereocenters. The lowest BCUT2D eigenvalue weighted by Crippen LogP contribution is -2.21. The van der Waals surface area contributed by atoms with Crippen molar-refractivity contribution in [2.45, 2.75) is 13.5 Å². The van der Waals surface area contributed by atoms with E-state index < -0.39 is 10.8 Å². The van der Waals surface area contributed by atoms with Crippen molar-refractivity contribution in [1.29, 1.82) is 0 Å². The molecule has 0 aliphatic rings. The molecule has 0 saturated heterocycles. The summed E-state index contributed by atoms with van der Waals surface area (Å²) < 4.78 is 1.46. The van der Waals surface area contributed by atoms with Gasteiger partial charge in [-0.2, -0.15) is 0 Å². The average Bonchev–Trinajstić information content (AvgIpc) is 3.09. The Morgan fingerprint density at radius 2 is 1.94 bits per heavy atom. The zero-order chi connectivity index (χ0) is 22.1. The molecule has 156 valence electrons. The van der Waals surface area contributed by atoms with Crippen LogP contribution in [0.4, 0.5) is 11.4 Å². The third-order valence-corrected chi connectivity index (χ3v) is 6.33. The van der Waals surface area contributed by atoms with Gasteiger partial charge >= 0.3 is 0 Å². The number of rotatable bonds is 5. The van der Waals surface area contributed by atoms with E-state index in [0.29, 0.717) is 31.4 Å². The monoisotopic (exact) mass is 454 g/mol. The lowest BCUT2D eigenvalue weighted by molar-refractivity contribution is -0.384. The van der Waals surface area contributed by atoms with Crippen molar-refractivity contribution in [2.24, 2.45) is 0 Å². The van der Waals surface area contributed by atoms with Gasteiger partial charge in [0.15, 0.2) is 0 Å². The molecule has 2 aromatic heterocycles. The second kappa shape index (κ2) is 8.29. The smallest absolute Gasteiger partial charge is 0.269 e. The van der Waals surface area contributed by atoms with Crippen molar-refractivity contribution >= 4 is 50.4 Å². The van der Waals surface area contributed by atoms with Gasteiger partial charge < -0.3 is 5.32 Å². The van der Waals surface area contributed by atoms with Crippen LogP contribution in [0.1, 0.15) is 20.8 Å². The van der Waals surface area contributed by atoms with Gasteiger partial charge in [-0.25, -0.2) is 4.98 Å². The van der Waals surface area contributed by atoms with E-state index in [4.69, 9.17) is 11.6 Å². The Labute approximate surface area is 184 Å². The highest BCUT2D eigenvalue weighted by atomic mass is 35.5. The van der Waals surface area contributed by atoms with E-state index >= 15 is 0 Å². The topological polar surface area (TPSA) is 107 Å². The number of thiophene rings is 1. The zero-order valence-corrected chi connectivity index (χ0v) is 17.7. The van der Waals surface area contributed by atoms with Crippen LogP contribution in [0, 0.1) is 17.0 Å². The van der Waals surface area contributed by atoms with Gasteiger partial charge in [-0.3, -0.25) is 24.3 Å². The summed E-state index contributed by atoms with van der Waals surface area (Å²) in [5.74, 6) is -0.411. The molecule has 2 heterocycles. The Balaban J connectivity index is 1.65. The predicted molar refractivity (Wildman–Crippen MR) is 120 cm³/mol. The number of aryl methyl sites for hydroxylation is 1. The van der Waals surface area contributed by atoms with Crippen LogP contribution in [0.3, 0.4) is 0 Å². The number of non-ortho nitro benzene ring substituents is 1. The minimum absolute atomic E-state index is 0.0701. The molecule has 0 bridgehead atoms. The molecular weight excluding hydrogens is 440 g/mol. The molecule has 1 amide bonds. The number of fused-ring (bicyclic) bond motifs is 1. The normalized spacial score (nSPS) is 10.9. The van der Waals surface area contributed by atoms with E-state index in [-0.39, 0.29) is 17.8 Å². The van der Waals surface area contributed by atoms with Gasteiger partial charge in [-0.05, 0) is 36.2 Å². The van der Waals surface area contributed by atoms with Crippen LogP contribution in [0.25, 0.3) is 10.2 Å². The minimum atomic E-state index is -0.513. The number of nitro groups is 1. The van der Waals surface area contributed by atoms with Crippen molar-refractivity contribution < 1.29 is 9.72 Å². The average molecular weight is 455 g/mol. The molecule has 2 aromatic carbocycles. The highest BCUT2D eigenvalue weighted by Crippen LogP contribution is 2.28. The van der Waals surface area contributed by atoms with Crippen LogP contribution in [0.5, 0.6) is 0 Å². The minimum Gasteiger partial charge on any atom is -0.321 e. The summed E-state index contributed by atoms with van der Waals surface area (Å²) in [6.07, 6.45) is 1.45. The van der Waals surface area contributed by atoms with E-state index in [9.17, 15) is 19.7 Å². The number of hydrogen-bond donors (Lipinski definition) is 1. The molecule has 0 saturated carbocycles. The number of aromatic nitrogens is 2. The molecule has 0 atom stereocenters. The number of benzene rings is 2. The van der Waals surface area contributed by atoms with E-state index in [1.165, 1.54) is 35.2 Å². The van der Waals surface area contributed by atoms with Crippen LogP contribution >= 0.6 is 22.9 Å². The van der Waals surface area contributed by atoms with Gasteiger partial charge in [0, 0.05) is 22.8 Å². The number of amides is 1. The van der Waals surface area contributed by atoms with Gasteiger partial charge in [0.05, 0.1) is 28.1 Å². The molecular formula is C21H15ClN4O4S. The number of nitrogens with zero attached hydrogens (tertiary/aromatic N) is 3. The number of carbonyl (C=O) groups is 1. The third-order valence-electron chi connectivity index (χ3n) is 4.76.